The maximum atomic E-state index is 12.7. The number of rotatable bonds is 7. The molecule has 0 radical (unpaired) electrons. The van der Waals surface area contributed by atoms with Crippen molar-refractivity contribution < 1.29 is 4.79 Å². The summed E-state index contributed by atoms with van der Waals surface area (Å²) in [6.45, 7) is 10.8. The summed E-state index contributed by atoms with van der Waals surface area (Å²) in [5.74, 6) is 0.544. The second kappa shape index (κ2) is 10.3. The SMILES string of the molecule is CCN1CCN(CCCNC(=O)[C@@H]2CCCN(c3cc(=O)n(C)c(=O)n3C)C2)CC1. The lowest BCUT2D eigenvalue weighted by atomic mass is 9.97. The van der Waals surface area contributed by atoms with Gasteiger partial charge in [-0.2, -0.15) is 0 Å². The van der Waals surface area contributed by atoms with Crippen LogP contribution in [0, 0.1) is 5.92 Å². The first-order chi connectivity index (χ1) is 14.4. The number of nitrogens with one attached hydrogen (secondary N) is 1. The number of likely N-dealkylation sites (N-methyl/N-ethyl adjacent to an activating group) is 1. The highest BCUT2D eigenvalue weighted by Gasteiger charge is 2.27. The molecule has 2 saturated heterocycles. The van der Waals surface area contributed by atoms with Crippen LogP contribution in [0.3, 0.4) is 0 Å². The summed E-state index contributed by atoms with van der Waals surface area (Å²) < 4.78 is 2.58. The molecule has 30 heavy (non-hydrogen) atoms. The van der Waals surface area contributed by atoms with Crippen molar-refractivity contribution in [1.29, 1.82) is 0 Å². The topological polar surface area (TPSA) is 82.8 Å². The van der Waals surface area contributed by atoms with Gasteiger partial charge in [0, 0.05) is 66.0 Å². The fourth-order valence-corrected chi connectivity index (χ4v) is 4.41. The van der Waals surface area contributed by atoms with E-state index in [0.717, 1.165) is 69.6 Å². The van der Waals surface area contributed by atoms with Crippen molar-refractivity contribution in [2.24, 2.45) is 20.0 Å². The molecule has 0 spiro atoms. The zero-order chi connectivity index (χ0) is 21.7. The van der Waals surface area contributed by atoms with Gasteiger partial charge in [0.1, 0.15) is 5.82 Å². The van der Waals surface area contributed by atoms with Crippen LogP contribution in [0.5, 0.6) is 0 Å². The van der Waals surface area contributed by atoms with E-state index in [4.69, 9.17) is 0 Å². The number of amides is 1. The molecule has 0 bridgehead atoms. The van der Waals surface area contributed by atoms with E-state index in [1.54, 1.807) is 7.05 Å². The fourth-order valence-electron chi connectivity index (χ4n) is 4.41. The van der Waals surface area contributed by atoms with E-state index in [1.807, 2.05) is 4.90 Å². The van der Waals surface area contributed by atoms with Crippen molar-refractivity contribution in [3.05, 3.63) is 26.9 Å². The molecule has 9 nitrogen and oxygen atoms in total. The second-order valence-electron chi connectivity index (χ2n) is 8.45. The maximum Gasteiger partial charge on any atom is 0.332 e. The highest BCUT2D eigenvalue weighted by Crippen LogP contribution is 2.21. The van der Waals surface area contributed by atoms with E-state index in [9.17, 15) is 14.4 Å². The minimum atomic E-state index is -0.344. The third kappa shape index (κ3) is 5.31. The molecular weight excluding hydrogens is 384 g/mol. The molecule has 9 heteroatoms. The van der Waals surface area contributed by atoms with Gasteiger partial charge in [0.2, 0.25) is 5.91 Å². The average molecular weight is 421 g/mol. The second-order valence-corrected chi connectivity index (χ2v) is 8.45. The van der Waals surface area contributed by atoms with Gasteiger partial charge >= 0.3 is 5.69 Å². The average Bonchev–Trinajstić information content (AvgIpc) is 2.78. The molecule has 2 aliphatic rings. The number of carbonyl (C=O) groups excluding carboxylic acids is 1. The Morgan fingerprint density at radius 2 is 1.77 bits per heavy atom. The number of piperidine rings is 1. The number of carbonyl (C=O) groups is 1. The molecule has 168 valence electrons. The molecule has 1 N–H and O–H groups in total. The molecule has 1 aromatic heterocycles. The van der Waals surface area contributed by atoms with Gasteiger partial charge in [0.05, 0.1) is 5.92 Å². The van der Waals surface area contributed by atoms with Gasteiger partial charge in [0.25, 0.3) is 5.56 Å². The lowest BCUT2D eigenvalue weighted by molar-refractivity contribution is -0.125. The smallest absolute Gasteiger partial charge is 0.332 e. The molecule has 1 atom stereocenters. The molecule has 0 aliphatic carbocycles. The molecule has 0 aromatic carbocycles. The Hall–Kier alpha value is -2.13. The van der Waals surface area contributed by atoms with Crippen molar-refractivity contribution in [3.8, 4) is 0 Å². The summed E-state index contributed by atoms with van der Waals surface area (Å²) in [7, 11) is 3.14. The molecule has 2 fully saturated rings. The highest BCUT2D eigenvalue weighted by molar-refractivity contribution is 5.79. The number of hydrogen-bond acceptors (Lipinski definition) is 6. The van der Waals surface area contributed by atoms with E-state index in [0.29, 0.717) is 18.9 Å². The van der Waals surface area contributed by atoms with Crippen LogP contribution >= 0.6 is 0 Å². The Balaban J connectivity index is 1.47. The van der Waals surface area contributed by atoms with E-state index >= 15 is 0 Å². The minimum Gasteiger partial charge on any atom is -0.357 e. The summed E-state index contributed by atoms with van der Waals surface area (Å²) in [4.78, 5) is 43.9. The Morgan fingerprint density at radius 1 is 1.07 bits per heavy atom. The van der Waals surface area contributed by atoms with E-state index in [1.165, 1.54) is 17.7 Å². The molecule has 1 aromatic rings. The normalized spacial score (nSPS) is 21.0. The van der Waals surface area contributed by atoms with Crippen molar-refractivity contribution in [3.63, 3.8) is 0 Å². The zero-order valence-corrected chi connectivity index (χ0v) is 18.6. The number of aromatic nitrogens is 2. The van der Waals surface area contributed by atoms with Crippen LogP contribution in [0.4, 0.5) is 5.82 Å². The lowest BCUT2D eigenvalue weighted by Crippen LogP contribution is -2.47. The first-order valence-corrected chi connectivity index (χ1v) is 11.1. The van der Waals surface area contributed by atoms with Crippen molar-refractivity contribution in [1.82, 2.24) is 24.3 Å². The summed E-state index contributed by atoms with van der Waals surface area (Å²) in [5.41, 5.74) is -0.664. The molecule has 0 saturated carbocycles. The fraction of sp³-hybridized carbons (Fsp3) is 0.762. The number of piperazine rings is 1. The van der Waals surface area contributed by atoms with Crippen LogP contribution in [0.15, 0.2) is 15.7 Å². The maximum absolute atomic E-state index is 12.7. The standard InChI is InChI=1S/C21H36N6O3/c1-4-25-11-13-26(14-12-25)9-6-8-22-20(29)17-7-5-10-27(16-17)18-15-19(28)24(3)21(30)23(18)2/h15,17H,4-14,16H2,1-3H3,(H,22,29)/t17-/m1/s1. The third-order valence-corrected chi connectivity index (χ3v) is 6.48. The molecule has 2 aliphatic heterocycles. The third-order valence-electron chi connectivity index (χ3n) is 6.48. The largest absolute Gasteiger partial charge is 0.357 e. The van der Waals surface area contributed by atoms with E-state index in [-0.39, 0.29) is 23.1 Å². The lowest BCUT2D eigenvalue weighted by Gasteiger charge is -2.35. The first kappa shape index (κ1) is 22.6. The Kier molecular flexibility index (Phi) is 7.71. The Labute approximate surface area is 178 Å². The summed E-state index contributed by atoms with van der Waals surface area (Å²) >= 11 is 0. The van der Waals surface area contributed by atoms with Crippen LogP contribution in [-0.2, 0) is 18.9 Å². The van der Waals surface area contributed by atoms with Gasteiger partial charge in [-0.25, -0.2) is 4.79 Å². The Morgan fingerprint density at radius 3 is 2.47 bits per heavy atom. The van der Waals surface area contributed by atoms with Crippen LogP contribution in [0.25, 0.3) is 0 Å². The van der Waals surface area contributed by atoms with Gasteiger partial charge in [-0.05, 0) is 32.4 Å². The van der Waals surface area contributed by atoms with Crippen LogP contribution < -0.4 is 21.5 Å². The van der Waals surface area contributed by atoms with Crippen LogP contribution in [0.1, 0.15) is 26.2 Å². The molecular formula is C21H36N6O3. The summed E-state index contributed by atoms with van der Waals surface area (Å²) in [6, 6.07) is 1.49. The number of anilines is 1. The number of hydrogen-bond donors (Lipinski definition) is 1. The van der Waals surface area contributed by atoms with E-state index < -0.39 is 0 Å². The van der Waals surface area contributed by atoms with E-state index in [2.05, 4.69) is 22.0 Å². The predicted molar refractivity (Wildman–Crippen MR) is 118 cm³/mol. The highest BCUT2D eigenvalue weighted by atomic mass is 16.2. The molecule has 1 amide bonds. The quantitative estimate of drug-likeness (QED) is 0.596. The van der Waals surface area contributed by atoms with Crippen molar-refractivity contribution in [2.45, 2.75) is 26.2 Å². The monoisotopic (exact) mass is 420 g/mol. The molecule has 3 rings (SSSR count). The Bertz CT molecular complexity index is 840. The van der Waals surface area contributed by atoms with Crippen molar-refractivity contribution >= 4 is 11.7 Å². The van der Waals surface area contributed by atoms with Gasteiger partial charge < -0.3 is 20.0 Å². The summed E-state index contributed by atoms with van der Waals surface area (Å²) in [6.07, 6.45) is 2.65. The van der Waals surface area contributed by atoms with Gasteiger partial charge in [-0.3, -0.25) is 18.7 Å². The minimum absolute atomic E-state index is 0.0735. The molecule has 3 heterocycles. The van der Waals surface area contributed by atoms with Crippen molar-refractivity contribution in [2.75, 3.05) is 63.8 Å². The van der Waals surface area contributed by atoms with Crippen LogP contribution in [0.2, 0.25) is 0 Å². The first-order valence-electron chi connectivity index (χ1n) is 11.1. The number of nitrogens with zero attached hydrogens (tertiary/aromatic N) is 5. The van der Waals surface area contributed by atoms with Gasteiger partial charge in [-0.1, -0.05) is 6.92 Å². The predicted octanol–water partition coefficient (Wildman–Crippen LogP) is -0.556. The zero-order valence-electron chi connectivity index (χ0n) is 18.6. The molecule has 0 unspecified atom stereocenters. The van der Waals surface area contributed by atoms with Crippen LogP contribution in [-0.4, -0.2) is 83.7 Å². The van der Waals surface area contributed by atoms with Gasteiger partial charge in [-0.15, -0.1) is 0 Å². The van der Waals surface area contributed by atoms with Gasteiger partial charge in [0.15, 0.2) is 0 Å². The summed E-state index contributed by atoms with van der Waals surface area (Å²) in [5, 5.41) is 3.09.